The van der Waals surface area contributed by atoms with E-state index in [0.717, 1.165) is 13.1 Å². The van der Waals surface area contributed by atoms with Gasteiger partial charge in [0, 0.05) is 12.3 Å². The van der Waals surface area contributed by atoms with Gasteiger partial charge in [0.05, 0.1) is 6.61 Å². The first-order valence-corrected chi connectivity index (χ1v) is 5.34. The molecule has 1 rings (SSSR count). The molecule has 0 bridgehead atoms. The zero-order valence-corrected chi connectivity index (χ0v) is 10.1. The molecule has 8 nitrogen and oxygen atoms in total. The van der Waals surface area contributed by atoms with Gasteiger partial charge in [-0.25, -0.2) is 9.18 Å². The number of carboxylic acid groups (broad SMARTS) is 1. The van der Waals surface area contributed by atoms with Crippen molar-refractivity contribution in [1.29, 1.82) is 0 Å². The van der Waals surface area contributed by atoms with Crippen LogP contribution in [0, 0.1) is 0 Å². The quantitative estimate of drug-likeness (QED) is 0.476. The van der Waals surface area contributed by atoms with Crippen LogP contribution in [0.2, 0.25) is 0 Å². The number of ether oxygens (including phenoxy) is 1. The third-order valence-electron chi connectivity index (χ3n) is 2.77. The van der Waals surface area contributed by atoms with Crippen LogP contribution in [0.15, 0.2) is 12.3 Å². The number of aliphatic hydroxyl groups excluding tert-OH is 2. The lowest BCUT2D eigenvalue weighted by Gasteiger charge is -2.29. The molecule has 0 radical (unpaired) electrons. The van der Waals surface area contributed by atoms with E-state index in [9.17, 15) is 19.1 Å². The van der Waals surface area contributed by atoms with Gasteiger partial charge in [0.25, 0.3) is 0 Å². The number of hydrogen-bond acceptors (Lipinski definition) is 5. The minimum absolute atomic E-state index is 0.365. The number of carbonyl (C=O) groups excluding carboxylic acids is 1. The minimum atomic E-state index is -2.45. The van der Waals surface area contributed by atoms with Crippen LogP contribution in [0.25, 0.3) is 0 Å². The average molecular weight is 278 g/mol. The summed E-state index contributed by atoms with van der Waals surface area (Å²) in [6.07, 6.45) is -4.81. The summed E-state index contributed by atoms with van der Waals surface area (Å²) in [4.78, 5) is 22.0. The highest BCUT2D eigenvalue weighted by molar-refractivity contribution is 5.86. The van der Waals surface area contributed by atoms with Crippen molar-refractivity contribution < 1.29 is 34.0 Å². The molecular formula is C10H15FN2O6. The molecule has 0 spiro atoms. The lowest BCUT2D eigenvalue weighted by atomic mass is 9.98. The molecular weight excluding hydrogens is 263 g/mol. The summed E-state index contributed by atoms with van der Waals surface area (Å²) in [6.45, 7) is 0.260. The lowest BCUT2D eigenvalue weighted by Crippen LogP contribution is -2.50. The number of nitrogens with two attached hydrogens (primary N) is 1. The van der Waals surface area contributed by atoms with Crippen LogP contribution in [0.3, 0.4) is 0 Å². The second-order valence-corrected chi connectivity index (χ2v) is 4.21. The van der Waals surface area contributed by atoms with Crippen LogP contribution < -0.4 is 5.73 Å². The predicted molar refractivity (Wildman–Crippen MR) is 59.5 cm³/mol. The van der Waals surface area contributed by atoms with Crippen molar-refractivity contribution in [2.45, 2.75) is 31.0 Å². The summed E-state index contributed by atoms with van der Waals surface area (Å²) < 4.78 is 19.3. The van der Waals surface area contributed by atoms with E-state index < -0.39 is 42.7 Å². The Morgan fingerprint density at radius 2 is 2.16 bits per heavy atom. The summed E-state index contributed by atoms with van der Waals surface area (Å²) in [5, 5.41) is 27.5. The summed E-state index contributed by atoms with van der Waals surface area (Å²) in [7, 11) is 0. The van der Waals surface area contributed by atoms with E-state index in [0.29, 0.717) is 11.0 Å². The number of aliphatic hydroxyl groups is 2. The molecule has 0 saturated carbocycles. The van der Waals surface area contributed by atoms with Crippen molar-refractivity contribution in [2.75, 3.05) is 6.61 Å². The fraction of sp³-hybridized carbons (Fsp3) is 0.600. The van der Waals surface area contributed by atoms with Gasteiger partial charge in [-0.05, 0) is 6.92 Å². The maximum absolute atomic E-state index is 14.3. The molecule has 1 fully saturated rings. The van der Waals surface area contributed by atoms with Gasteiger partial charge in [0.15, 0.2) is 11.9 Å². The molecule has 0 aromatic carbocycles. The highest BCUT2D eigenvalue weighted by Gasteiger charge is 2.56. The largest absolute Gasteiger partial charge is 0.465 e. The Morgan fingerprint density at radius 1 is 1.58 bits per heavy atom. The van der Waals surface area contributed by atoms with E-state index in [-0.39, 0.29) is 0 Å². The summed E-state index contributed by atoms with van der Waals surface area (Å²) >= 11 is 0. The predicted octanol–water partition coefficient (Wildman–Crippen LogP) is -1.23. The first-order chi connectivity index (χ1) is 8.71. The van der Waals surface area contributed by atoms with Crippen molar-refractivity contribution in [3.05, 3.63) is 12.3 Å². The maximum atomic E-state index is 14.3. The molecule has 1 saturated heterocycles. The van der Waals surface area contributed by atoms with Crippen LogP contribution in [0.4, 0.5) is 9.18 Å². The van der Waals surface area contributed by atoms with Crippen molar-refractivity contribution in [1.82, 2.24) is 4.90 Å². The summed E-state index contributed by atoms with van der Waals surface area (Å²) in [6, 6.07) is 0. The highest BCUT2D eigenvalue weighted by Crippen LogP contribution is 2.36. The molecule has 0 aromatic heterocycles. The number of alkyl halides is 1. The Morgan fingerprint density at radius 3 is 2.53 bits per heavy atom. The highest BCUT2D eigenvalue weighted by atomic mass is 19.1. The third-order valence-corrected chi connectivity index (χ3v) is 2.77. The minimum Gasteiger partial charge on any atom is -0.465 e. The van der Waals surface area contributed by atoms with Gasteiger partial charge in [-0.3, -0.25) is 9.69 Å². The fourth-order valence-electron chi connectivity index (χ4n) is 1.76. The zero-order chi connectivity index (χ0) is 14.8. The van der Waals surface area contributed by atoms with E-state index in [4.69, 9.17) is 20.7 Å². The van der Waals surface area contributed by atoms with Gasteiger partial charge >= 0.3 is 6.09 Å². The maximum Gasteiger partial charge on any atom is 0.413 e. The van der Waals surface area contributed by atoms with Gasteiger partial charge in [0.2, 0.25) is 5.91 Å². The number of carbonyl (C=O) groups is 2. The normalized spacial score (nSPS) is 34.6. The van der Waals surface area contributed by atoms with Gasteiger partial charge in [-0.1, -0.05) is 0 Å². The monoisotopic (exact) mass is 278 g/mol. The fourth-order valence-corrected chi connectivity index (χ4v) is 1.76. The molecule has 0 aliphatic carbocycles. The van der Waals surface area contributed by atoms with Crippen LogP contribution >= 0.6 is 0 Å². The summed E-state index contributed by atoms with van der Waals surface area (Å²) in [5.74, 6) is -0.927. The first kappa shape index (κ1) is 15.3. The number of amides is 2. The van der Waals surface area contributed by atoms with Crippen molar-refractivity contribution in [3.63, 3.8) is 0 Å². The topological polar surface area (TPSA) is 133 Å². The van der Waals surface area contributed by atoms with Crippen LogP contribution in [0.5, 0.6) is 0 Å². The molecule has 4 atom stereocenters. The van der Waals surface area contributed by atoms with Crippen molar-refractivity contribution >= 4 is 12.0 Å². The van der Waals surface area contributed by atoms with Gasteiger partial charge in [-0.2, -0.15) is 0 Å². The molecule has 2 amide bonds. The third kappa shape index (κ3) is 3.00. The number of halogens is 1. The summed E-state index contributed by atoms with van der Waals surface area (Å²) in [5.41, 5.74) is 2.37. The molecule has 0 aromatic rings. The van der Waals surface area contributed by atoms with Gasteiger partial charge in [0.1, 0.15) is 12.2 Å². The zero-order valence-electron chi connectivity index (χ0n) is 10.1. The number of rotatable bonds is 4. The molecule has 19 heavy (non-hydrogen) atoms. The Kier molecular flexibility index (Phi) is 4.45. The van der Waals surface area contributed by atoms with Crippen molar-refractivity contribution in [2.24, 2.45) is 5.73 Å². The molecule has 0 unspecified atom stereocenters. The number of primary amides is 1. The van der Waals surface area contributed by atoms with E-state index in [2.05, 4.69) is 0 Å². The standard InChI is InChI=1S/C10H15FN2O6/c1-10(11)7(16)5(4-14)19-8(10)13(9(17)18)3-2-6(12)15/h2-3,5,7-8,14,16H,4H2,1H3,(H2,12,15)(H,17,18)/b3-2-/t5-,7-,8-,10-/m1/s1. The van der Waals surface area contributed by atoms with Crippen LogP contribution in [-0.4, -0.2) is 62.9 Å². The molecule has 1 aliphatic rings. The van der Waals surface area contributed by atoms with E-state index in [1.807, 2.05) is 0 Å². The Balaban J connectivity index is 3.03. The van der Waals surface area contributed by atoms with Gasteiger partial charge < -0.3 is 25.8 Å². The molecule has 1 heterocycles. The molecule has 5 N–H and O–H groups in total. The lowest BCUT2D eigenvalue weighted by molar-refractivity contribution is -0.113. The SMILES string of the molecule is C[C@@]1(F)[C@H](O)[C@@H](CO)O[C@H]1N(/C=C\C(N)=O)C(=O)O. The van der Waals surface area contributed by atoms with Gasteiger partial charge in [-0.15, -0.1) is 0 Å². The number of nitrogens with zero attached hydrogens (tertiary/aromatic N) is 1. The number of hydrogen-bond donors (Lipinski definition) is 4. The second kappa shape index (κ2) is 5.51. The molecule has 108 valence electrons. The Hall–Kier alpha value is -1.71. The van der Waals surface area contributed by atoms with E-state index in [1.54, 1.807) is 0 Å². The smallest absolute Gasteiger partial charge is 0.413 e. The second-order valence-electron chi connectivity index (χ2n) is 4.21. The molecule has 1 aliphatic heterocycles. The average Bonchev–Trinajstić information content (AvgIpc) is 2.52. The molecule has 9 heteroatoms. The van der Waals surface area contributed by atoms with Crippen LogP contribution in [0.1, 0.15) is 6.92 Å². The Labute approximate surface area is 107 Å². The van der Waals surface area contributed by atoms with E-state index in [1.165, 1.54) is 0 Å². The van der Waals surface area contributed by atoms with Crippen LogP contribution in [-0.2, 0) is 9.53 Å². The van der Waals surface area contributed by atoms with E-state index >= 15 is 0 Å². The first-order valence-electron chi connectivity index (χ1n) is 5.34. The van der Waals surface area contributed by atoms with Crippen molar-refractivity contribution in [3.8, 4) is 0 Å². The Bertz CT molecular complexity index is 399.